The summed E-state index contributed by atoms with van der Waals surface area (Å²) in [6.07, 6.45) is 1.03. The Bertz CT molecular complexity index is 436. The number of carbonyl (C=O) groups is 1. The molecule has 1 aliphatic carbocycles. The van der Waals surface area contributed by atoms with Gasteiger partial charge in [-0.05, 0) is 23.3 Å². The topological polar surface area (TPSA) is 61.5 Å². The van der Waals surface area contributed by atoms with E-state index in [-0.39, 0.29) is 18.4 Å². The summed E-state index contributed by atoms with van der Waals surface area (Å²) in [5, 5.41) is 0. The summed E-state index contributed by atoms with van der Waals surface area (Å²) in [5.74, 6) is 0.426. The first-order chi connectivity index (χ1) is 7.59. The predicted octanol–water partition coefficient (Wildman–Crippen LogP) is 1.09. The van der Waals surface area contributed by atoms with E-state index in [1.165, 1.54) is 7.11 Å². The van der Waals surface area contributed by atoms with Crippen molar-refractivity contribution in [1.82, 2.24) is 0 Å². The van der Waals surface area contributed by atoms with Crippen LogP contribution < -0.4 is 10.5 Å². The van der Waals surface area contributed by atoms with Crippen LogP contribution in [-0.4, -0.2) is 25.7 Å². The monoisotopic (exact) mass is 257 g/mol. The van der Waals surface area contributed by atoms with Gasteiger partial charge in [0, 0.05) is 12.8 Å². The number of methoxy groups -OCH3 is 2. The highest BCUT2D eigenvalue weighted by Gasteiger charge is 2.41. The van der Waals surface area contributed by atoms with E-state index in [1.807, 2.05) is 18.2 Å². The van der Waals surface area contributed by atoms with Crippen LogP contribution in [0.2, 0.25) is 0 Å². The van der Waals surface area contributed by atoms with E-state index in [0.29, 0.717) is 12.8 Å². The number of benzene rings is 1. The third-order valence-electron chi connectivity index (χ3n) is 3.02. The molecule has 17 heavy (non-hydrogen) atoms. The van der Waals surface area contributed by atoms with E-state index >= 15 is 0 Å². The minimum atomic E-state index is -0.913. The van der Waals surface area contributed by atoms with Crippen molar-refractivity contribution in [1.29, 1.82) is 0 Å². The number of hydrogen-bond donors (Lipinski definition) is 1. The second-order valence-electron chi connectivity index (χ2n) is 4.14. The molecule has 0 saturated heterocycles. The Hall–Kier alpha value is -1.26. The van der Waals surface area contributed by atoms with Crippen LogP contribution in [0, 0.1) is 0 Å². The van der Waals surface area contributed by atoms with Crippen molar-refractivity contribution in [2.45, 2.75) is 18.4 Å². The fourth-order valence-electron chi connectivity index (χ4n) is 2.16. The van der Waals surface area contributed by atoms with E-state index in [9.17, 15) is 4.79 Å². The molecule has 1 unspecified atom stereocenters. The minimum absolute atomic E-state index is 0. The molecule has 94 valence electrons. The molecule has 1 aliphatic rings. The molecule has 0 amide bonds. The largest absolute Gasteiger partial charge is 0.497 e. The number of ether oxygens (including phenoxy) is 2. The van der Waals surface area contributed by atoms with Crippen LogP contribution >= 0.6 is 12.4 Å². The molecule has 0 fully saturated rings. The highest BCUT2D eigenvalue weighted by Crippen LogP contribution is 2.31. The Morgan fingerprint density at radius 1 is 1.29 bits per heavy atom. The molecule has 0 bridgehead atoms. The normalized spacial score (nSPS) is 21.4. The molecule has 2 rings (SSSR count). The first-order valence-electron chi connectivity index (χ1n) is 5.12. The maximum atomic E-state index is 11.6. The molecule has 1 aromatic rings. The summed E-state index contributed by atoms with van der Waals surface area (Å²) in [5.41, 5.74) is 7.28. The molecule has 4 nitrogen and oxygen atoms in total. The minimum Gasteiger partial charge on any atom is -0.497 e. The van der Waals surface area contributed by atoms with Gasteiger partial charge in [0.2, 0.25) is 0 Å². The molecule has 0 aliphatic heterocycles. The zero-order valence-corrected chi connectivity index (χ0v) is 10.7. The Kier molecular flexibility index (Phi) is 4.01. The van der Waals surface area contributed by atoms with E-state index in [4.69, 9.17) is 15.2 Å². The van der Waals surface area contributed by atoms with Crippen LogP contribution in [0.25, 0.3) is 0 Å². The Morgan fingerprint density at radius 2 is 1.94 bits per heavy atom. The van der Waals surface area contributed by atoms with Gasteiger partial charge in [-0.1, -0.05) is 6.07 Å². The average molecular weight is 258 g/mol. The van der Waals surface area contributed by atoms with Crippen molar-refractivity contribution in [2.24, 2.45) is 5.73 Å². The van der Waals surface area contributed by atoms with Crippen molar-refractivity contribution < 1.29 is 14.3 Å². The highest BCUT2D eigenvalue weighted by molar-refractivity contribution is 5.85. The first-order valence-corrected chi connectivity index (χ1v) is 5.12. The van der Waals surface area contributed by atoms with Crippen LogP contribution in [0.1, 0.15) is 11.1 Å². The zero-order chi connectivity index (χ0) is 11.8. The molecule has 0 aromatic heterocycles. The summed E-state index contributed by atoms with van der Waals surface area (Å²) >= 11 is 0. The third kappa shape index (κ3) is 2.37. The zero-order valence-electron chi connectivity index (χ0n) is 9.86. The van der Waals surface area contributed by atoms with Crippen LogP contribution in [0.15, 0.2) is 18.2 Å². The molecule has 1 aromatic carbocycles. The maximum Gasteiger partial charge on any atom is 0.326 e. The van der Waals surface area contributed by atoms with Crippen LogP contribution in [0.3, 0.4) is 0 Å². The fourth-order valence-corrected chi connectivity index (χ4v) is 2.16. The SMILES string of the molecule is COC(=O)C1(N)Cc2ccc(OC)cc2C1.Cl. The van der Waals surface area contributed by atoms with Gasteiger partial charge < -0.3 is 15.2 Å². The summed E-state index contributed by atoms with van der Waals surface area (Å²) in [7, 11) is 2.98. The summed E-state index contributed by atoms with van der Waals surface area (Å²) < 4.78 is 9.87. The fraction of sp³-hybridized carbons (Fsp3) is 0.417. The van der Waals surface area contributed by atoms with Gasteiger partial charge in [0.15, 0.2) is 0 Å². The van der Waals surface area contributed by atoms with Gasteiger partial charge >= 0.3 is 5.97 Å². The predicted molar refractivity (Wildman–Crippen MR) is 66.6 cm³/mol. The number of nitrogens with two attached hydrogens (primary N) is 1. The third-order valence-corrected chi connectivity index (χ3v) is 3.02. The smallest absolute Gasteiger partial charge is 0.326 e. The lowest BCUT2D eigenvalue weighted by atomic mass is 9.98. The van der Waals surface area contributed by atoms with Crippen LogP contribution in [0.5, 0.6) is 5.75 Å². The van der Waals surface area contributed by atoms with E-state index in [0.717, 1.165) is 16.9 Å². The van der Waals surface area contributed by atoms with Crippen molar-refractivity contribution in [3.63, 3.8) is 0 Å². The Balaban J connectivity index is 0.00000144. The molecule has 0 radical (unpaired) electrons. The van der Waals surface area contributed by atoms with E-state index in [1.54, 1.807) is 7.11 Å². The molecular weight excluding hydrogens is 242 g/mol. The van der Waals surface area contributed by atoms with Crippen LogP contribution in [-0.2, 0) is 22.4 Å². The second kappa shape index (κ2) is 4.94. The molecule has 0 spiro atoms. The number of carbonyl (C=O) groups excluding carboxylic acids is 1. The lowest BCUT2D eigenvalue weighted by Crippen LogP contribution is -2.49. The highest BCUT2D eigenvalue weighted by atomic mass is 35.5. The van der Waals surface area contributed by atoms with Crippen LogP contribution in [0.4, 0.5) is 0 Å². The van der Waals surface area contributed by atoms with Gasteiger partial charge in [0.1, 0.15) is 11.3 Å². The van der Waals surface area contributed by atoms with Gasteiger partial charge in [0.25, 0.3) is 0 Å². The number of hydrogen-bond acceptors (Lipinski definition) is 4. The first kappa shape index (κ1) is 13.8. The number of esters is 1. The average Bonchev–Trinajstić information content (AvgIpc) is 2.64. The standard InChI is InChI=1S/C12H15NO3.ClH/c1-15-10-4-3-8-6-12(13,11(14)16-2)7-9(8)5-10;/h3-5H,6-7,13H2,1-2H3;1H. The number of halogens is 1. The quantitative estimate of drug-likeness (QED) is 0.806. The van der Waals surface area contributed by atoms with E-state index in [2.05, 4.69) is 0 Å². The molecule has 5 heteroatoms. The molecule has 0 heterocycles. The lowest BCUT2D eigenvalue weighted by Gasteiger charge is -2.19. The van der Waals surface area contributed by atoms with Gasteiger partial charge in [0.05, 0.1) is 14.2 Å². The van der Waals surface area contributed by atoms with Gasteiger partial charge in [-0.3, -0.25) is 4.79 Å². The Morgan fingerprint density at radius 3 is 2.53 bits per heavy atom. The molecule has 0 saturated carbocycles. The lowest BCUT2D eigenvalue weighted by molar-refractivity contribution is -0.146. The second-order valence-corrected chi connectivity index (χ2v) is 4.14. The number of rotatable bonds is 2. The summed E-state index contributed by atoms with van der Waals surface area (Å²) in [6.45, 7) is 0. The van der Waals surface area contributed by atoms with Crippen molar-refractivity contribution in [2.75, 3.05) is 14.2 Å². The van der Waals surface area contributed by atoms with Crippen molar-refractivity contribution >= 4 is 18.4 Å². The number of fused-ring (bicyclic) bond motifs is 1. The van der Waals surface area contributed by atoms with Gasteiger partial charge in [-0.2, -0.15) is 0 Å². The van der Waals surface area contributed by atoms with Crippen molar-refractivity contribution in [3.8, 4) is 5.75 Å². The van der Waals surface area contributed by atoms with Gasteiger partial charge in [-0.15, -0.1) is 12.4 Å². The Labute approximate surface area is 106 Å². The van der Waals surface area contributed by atoms with Gasteiger partial charge in [-0.25, -0.2) is 0 Å². The molecular formula is C12H16ClNO3. The molecule has 1 atom stereocenters. The summed E-state index contributed by atoms with van der Waals surface area (Å²) in [6, 6.07) is 5.75. The van der Waals surface area contributed by atoms with Crippen molar-refractivity contribution in [3.05, 3.63) is 29.3 Å². The van der Waals surface area contributed by atoms with E-state index < -0.39 is 5.54 Å². The maximum absolute atomic E-state index is 11.6. The summed E-state index contributed by atoms with van der Waals surface area (Å²) in [4.78, 5) is 11.6. The molecule has 2 N–H and O–H groups in total.